The van der Waals surface area contributed by atoms with Crippen molar-refractivity contribution in [3.05, 3.63) is 11.0 Å². The van der Waals surface area contributed by atoms with Crippen molar-refractivity contribution >= 4 is 28.8 Å². The Morgan fingerprint density at radius 2 is 1.70 bits per heavy atom. The zero-order valence-electron chi connectivity index (χ0n) is 13.4. The van der Waals surface area contributed by atoms with Crippen LogP contribution in [0.5, 0.6) is 0 Å². The molecule has 0 radical (unpaired) electrons. The second-order valence-electron chi connectivity index (χ2n) is 6.62. The van der Waals surface area contributed by atoms with Crippen LogP contribution in [0.1, 0.15) is 64.2 Å². The number of carboxylic acid groups (broad SMARTS) is 1. The number of aliphatic imine (C=N–C) groups is 1. The van der Waals surface area contributed by atoms with Gasteiger partial charge in [0.1, 0.15) is 0 Å². The lowest BCUT2D eigenvalue weighted by molar-refractivity contribution is -0.132. The summed E-state index contributed by atoms with van der Waals surface area (Å²) < 4.78 is 0. The summed E-state index contributed by atoms with van der Waals surface area (Å²) >= 11 is 1.25. The van der Waals surface area contributed by atoms with Gasteiger partial charge in [-0.25, -0.2) is 4.79 Å². The van der Waals surface area contributed by atoms with Crippen LogP contribution in [-0.2, 0) is 9.59 Å². The van der Waals surface area contributed by atoms with Gasteiger partial charge in [0.2, 0.25) is 0 Å². The van der Waals surface area contributed by atoms with Crippen LogP contribution >= 0.6 is 11.8 Å². The maximum atomic E-state index is 12.7. The van der Waals surface area contributed by atoms with Crippen LogP contribution in [-0.4, -0.2) is 39.1 Å². The fraction of sp³-hybridized carbons (Fsp3) is 0.706. The van der Waals surface area contributed by atoms with Gasteiger partial charge in [-0.05, 0) is 37.4 Å². The van der Waals surface area contributed by atoms with Crippen molar-refractivity contribution in [2.24, 2.45) is 4.99 Å². The predicted molar refractivity (Wildman–Crippen MR) is 91.3 cm³/mol. The largest absolute Gasteiger partial charge is 0.478 e. The van der Waals surface area contributed by atoms with Gasteiger partial charge in [-0.2, -0.15) is 0 Å². The summed E-state index contributed by atoms with van der Waals surface area (Å²) in [6.45, 7) is 0. The van der Waals surface area contributed by atoms with E-state index in [0.29, 0.717) is 4.91 Å². The number of rotatable bonds is 3. The first-order chi connectivity index (χ1) is 11.1. The topological polar surface area (TPSA) is 70.0 Å². The third-order valence-electron chi connectivity index (χ3n) is 4.90. The first-order valence-electron chi connectivity index (χ1n) is 8.69. The average Bonchev–Trinajstić information content (AvgIpc) is 2.84. The lowest BCUT2D eigenvalue weighted by Crippen LogP contribution is -2.41. The van der Waals surface area contributed by atoms with Crippen molar-refractivity contribution in [3.8, 4) is 0 Å². The highest BCUT2D eigenvalue weighted by Crippen LogP contribution is 2.37. The first kappa shape index (κ1) is 16.6. The molecular weight excluding hydrogens is 312 g/mol. The lowest BCUT2D eigenvalue weighted by Gasteiger charge is -2.31. The van der Waals surface area contributed by atoms with E-state index in [1.54, 1.807) is 4.90 Å². The summed E-state index contributed by atoms with van der Waals surface area (Å²) in [5.41, 5.74) is 0. The highest BCUT2D eigenvalue weighted by atomic mass is 32.2. The van der Waals surface area contributed by atoms with Gasteiger partial charge in [0.15, 0.2) is 5.17 Å². The molecule has 1 amide bonds. The third kappa shape index (κ3) is 3.97. The van der Waals surface area contributed by atoms with E-state index in [0.717, 1.165) is 49.8 Å². The van der Waals surface area contributed by atoms with Gasteiger partial charge in [0.25, 0.3) is 5.91 Å². The molecule has 1 N–H and O–H groups in total. The molecule has 3 aliphatic rings. The Bertz CT molecular complexity index is 532. The standard InChI is InChI=1S/C17H24N2O3S/c20-15(21)11-14-16(22)19(13-9-5-2-6-10-13)17(23-14)18-12-7-3-1-4-8-12/h11-13H,1-10H2,(H,20,21)/b14-11-,18-17+. The van der Waals surface area contributed by atoms with Crippen molar-refractivity contribution in [2.45, 2.75) is 76.3 Å². The number of hydrogen-bond donors (Lipinski definition) is 1. The Morgan fingerprint density at radius 1 is 1.09 bits per heavy atom. The Kier molecular flexibility index (Phi) is 5.41. The Labute approximate surface area is 141 Å². The molecule has 0 bridgehead atoms. The van der Waals surface area contributed by atoms with Crippen LogP contribution in [0.25, 0.3) is 0 Å². The molecular formula is C17H24N2O3S. The molecule has 126 valence electrons. The number of thioether (sulfide) groups is 1. The Hall–Kier alpha value is -1.30. The van der Waals surface area contributed by atoms with E-state index in [4.69, 9.17) is 10.1 Å². The Morgan fingerprint density at radius 3 is 2.30 bits per heavy atom. The Balaban J connectivity index is 1.85. The van der Waals surface area contributed by atoms with Crippen LogP contribution in [0.15, 0.2) is 16.0 Å². The second-order valence-corrected chi connectivity index (χ2v) is 7.63. The molecule has 0 atom stereocenters. The fourth-order valence-corrected chi connectivity index (χ4v) is 4.79. The van der Waals surface area contributed by atoms with Gasteiger partial charge in [-0.1, -0.05) is 38.5 Å². The van der Waals surface area contributed by atoms with Crippen LogP contribution in [0.3, 0.4) is 0 Å². The molecule has 3 rings (SSSR count). The lowest BCUT2D eigenvalue weighted by atomic mass is 9.94. The number of nitrogens with zero attached hydrogens (tertiary/aromatic N) is 2. The molecule has 0 spiro atoms. The minimum Gasteiger partial charge on any atom is -0.478 e. The van der Waals surface area contributed by atoms with E-state index in [-0.39, 0.29) is 18.0 Å². The summed E-state index contributed by atoms with van der Waals surface area (Å²) in [5, 5.41) is 9.73. The molecule has 2 aliphatic carbocycles. The quantitative estimate of drug-likeness (QED) is 0.800. The predicted octanol–water partition coefficient (Wildman–Crippen LogP) is 3.55. The van der Waals surface area contributed by atoms with Crippen LogP contribution in [0.2, 0.25) is 0 Å². The molecule has 23 heavy (non-hydrogen) atoms. The van der Waals surface area contributed by atoms with E-state index in [1.165, 1.54) is 37.4 Å². The van der Waals surface area contributed by atoms with Gasteiger partial charge < -0.3 is 5.11 Å². The minimum atomic E-state index is -1.07. The smallest absolute Gasteiger partial charge is 0.329 e. The van der Waals surface area contributed by atoms with Gasteiger partial charge in [0.05, 0.1) is 10.9 Å². The maximum absolute atomic E-state index is 12.7. The molecule has 0 aromatic carbocycles. The van der Waals surface area contributed by atoms with E-state index < -0.39 is 5.97 Å². The SMILES string of the molecule is O=C(O)/C=C1\S/C(=N/C2CCCCC2)N(C2CCCCC2)C1=O. The number of carboxylic acids is 1. The molecule has 2 saturated carbocycles. The van der Waals surface area contributed by atoms with Crippen molar-refractivity contribution in [1.29, 1.82) is 0 Å². The molecule has 5 nitrogen and oxygen atoms in total. The molecule has 6 heteroatoms. The number of aliphatic carboxylic acids is 1. The minimum absolute atomic E-state index is 0.168. The molecule has 3 fully saturated rings. The van der Waals surface area contributed by atoms with Crippen molar-refractivity contribution in [3.63, 3.8) is 0 Å². The third-order valence-corrected chi connectivity index (χ3v) is 5.90. The zero-order valence-corrected chi connectivity index (χ0v) is 14.2. The van der Waals surface area contributed by atoms with Crippen molar-refractivity contribution in [2.75, 3.05) is 0 Å². The van der Waals surface area contributed by atoms with E-state index >= 15 is 0 Å². The number of carbonyl (C=O) groups excluding carboxylic acids is 1. The molecule has 0 aromatic heterocycles. The van der Waals surface area contributed by atoms with Crippen molar-refractivity contribution in [1.82, 2.24) is 4.90 Å². The van der Waals surface area contributed by atoms with Gasteiger partial charge in [-0.15, -0.1) is 0 Å². The van der Waals surface area contributed by atoms with E-state index in [9.17, 15) is 9.59 Å². The molecule has 1 heterocycles. The molecule has 0 unspecified atom stereocenters. The van der Waals surface area contributed by atoms with Crippen molar-refractivity contribution < 1.29 is 14.7 Å². The van der Waals surface area contributed by atoms with Gasteiger partial charge in [-0.3, -0.25) is 14.7 Å². The highest BCUT2D eigenvalue weighted by molar-refractivity contribution is 8.18. The zero-order chi connectivity index (χ0) is 16.2. The second kappa shape index (κ2) is 7.51. The fourth-order valence-electron chi connectivity index (χ4n) is 3.72. The normalized spacial score (nSPS) is 28.0. The van der Waals surface area contributed by atoms with Gasteiger partial charge in [0, 0.05) is 12.1 Å². The maximum Gasteiger partial charge on any atom is 0.329 e. The molecule has 1 saturated heterocycles. The van der Waals surface area contributed by atoms with E-state index in [2.05, 4.69) is 0 Å². The number of amidine groups is 1. The molecule has 1 aliphatic heterocycles. The summed E-state index contributed by atoms with van der Waals surface area (Å²) in [7, 11) is 0. The monoisotopic (exact) mass is 336 g/mol. The van der Waals surface area contributed by atoms with E-state index in [1.807, 2.05) is 0 Å². The number of amides is 1. The van der Waals surface area contributed by atoms with Crippen LogP contribution in [0, 0.1) is 0 Å². The summed E-state index contributed by atoms with van der Waals surface area (Å²) in [5.74, 6) is -1.23. The van der Waals surface area contributed by atoms with Gasteiger partial charge >= 0.3 is 5.97 Å². The number of hydrogen-bond acceptors (Lipinski definition) is 4. The summed E-state index contributed by atoms with van der Waals surface area (Å²) in [4.78, 5) is 30.6. The summed E-state index contributed by atoms with van der Waals surface area (Å²) in [6, 6.07) is 0.472. The number of carbonyl (C=O) groups is 2. The van der Waals surface area contributed by atoms with Crippen LogP contribution in [0.4, 0.5) is 0 Å². The van der Waals surface area contributed by atoms with Crippen LogP contribution < -0.4 is 0 Å². The average molecular weight is 336 g/mol. The highest BCUT2D eigenvalue weighted by Gasteiger charge is 2.39. The summed E-state index contributed by atoms with van der Waals surface area (Å²) in [6.07, 6.45) is 12.3. The molecule has 0 aromatic rings. The first-order valence-corrected chi connectivity index (χ1v) is 9.50.